The van der Waals surface area contributed by atoms with Gasteiger partial charge >= 0.3 is 7.75 Å². The van der Waals surface area contributed by atoms with Crippen molar-refractivity contribution >= 4 is 13.4 Å². The summed E-state index contributed by atoms with van der Waals surface area (Å²) in [6.45, 7) is 0. The summed E-state index contributed by atoms with van der Waals surface area (Å²) in [5.41, 5.74) is 0.276. The molecule has 72 valence electrons. The molecule has 0 aliphatic rings. The van der Waals surface area contributed by atoms with E-state index >= 15 is 0 Å². The van der Waals surface area contributed by atoms with Gasteiger partial charge in [0.1, 0.15) is 5.75 Å². The van der Waals surface area contributed by atoms with Gasteiger partial charge in [-0.25, -0.2) is 4.57 Å². The summed E-state index contributed by atoms with van der Waals surface area (Å²) in [5.74, 6) is 0.394. The first-order valence-electron chi connectivity index (χ1n) is 3.50. The van der Waals surface area contributed by atoms with E-state index in [-0.39, 0.29) is 5.69 Å². The van der Waals surface area contributed by atoms with Crippen molar-refractivity contribution in [1.29, 1.82) is 0 Å². The van der Waals surface area contributed by atoms with Gasteiger partial charge in [-0.15, -0.1) is 0 Å². The summed E-state index contributed by atoms with van der Waals surface area (Å²) in [7, 11) is -2.83. The summed E-state index contributed by atoms with van der Waals surface area (Å²) >= 11 is 0. The topological polar surface area (TPSA) is 78.8 Å². The van der Waals surface area contributed by atoms with Gasteiger partial charge in [-0.05, 0) is 12.1 Å². The van der Waals surface area contributed by atoms with E-state index in [0.29, 0.717) is 5.75 Å². The second-order valence-electron chi connectivity index (χ2n) is 2.36. The molecule has 0 amide bonds. The molecule has 0 spiro atoms. The molecule has 0 fully saturated rings. The van der Waals surface area contributed by atoms with Crippen molar-refractivity contribution in [2.75, 3.05) is 12.2 Å². The molecule has 0 heterocycles. The van der Waals surface area contributed by atoms with Crippen LogP contribution in [0.2, 0.25) is 0 Å². The minimum absolute atomic E-state index is 0.276. The highest BCUT2D eigenvalue weighted by atomic mass is 31.2. The molecule has 0 aliphatic carbocycles. The second kappa shape index (κ2) is 3.79. The Bertz CT molecular complexity index is 335. The Labute approximate surface area is 75.6 Å². The Balaban J connectivity index is 2.94. The smallest absolute Gasteiger partial charge is 0.427 e. The monoisotopic (exact) mass is 203 g/mol. The van der Waals surface area contributed by atoms with Gasteiger partial charge in [0.05, 0.1) is 12.8 Å². The largest absolute Gasteiger partial charge is 0.495 e. The third kappa shape index (κ3) is 3.06. The average Bonchev–Trinajstić information content (AvgIpc) is 2.02. The molecule has 0 aromatic heterocycles. The number of rotatable bonds is 3. The standard InChI is InChI=1S/C7H10NO4P/c1-12-7-5-3-2-4-6(7)8-13(9,10)11/h2-5H,1H3,(H3,8,9,10,11). The van der Waals surface area contributed by atoms with Crippen LogP contribution in [0.1, 0.15) is 0 Å². The van der Waals surface area contributed by atoms with Crippen molar-refractivity contribution in [3.05, 3.63) is 24.3 Å². The normalized spacial score (nSPS) is 11.0. The zero-order valence-corrected chi connectivity index (χ0v) is 7.86. The van der Waals surface area contributed by atoms with Crippen LogP contribution in [0.5, 0.6) is 5.75 Å². The molecule has 1 rings (SSSR count). The zero-order chi connectivity index (χ0) is 9.90. The van der Waals surface area contributed by atoms with Crippen molar-refractivity contribution in [1.82, 2.24) is 0 Å². The molecule has 6 heteroatoms. The first-order chi connectivity index (χ1) is 6.03. The van der Waals surface area contributed by atoms with E-state index in [1.54, 1.807) is 18.2 Å². The van der Waals surface area contributed by atoms with Crippen LogP contribution in [0.25, 0.3) is 0 Å². The summed E-state index contributed by atoms with van der Waals surface area (Å²) in [6, 6.07) is 6.50. The molecule has 0 saturated heterocycles. The number of hydrogen-bond acceptors (Lipinski definition) is 2. The van der Waals surface area contributed by atoms with Gasteiger partial charge < -0.3 is 14.5 Å². The molecule has 1 aromatic rings. The molecule has 0 aliphatic heterocycles. The van der Waals surface area contributed by atoms with Crippen molar-refractivity contribution in [3.8, 4) is 5.75 Å². The number of benzene rings is 1. The van der Waals surface area contributed by atoms with Crippen LogP contribution < -0.4 is 9.82 Å². The van der Waals surface area contributed by atoms with Gasteiger partial charge in [0.15, 0.2) is 0 Å². The lowest BCUT2D eigenvalue weighted by Crippen LogP contribution is -1.97. The van der Waals surface area contributed by atoms with Crippen molar-refractivity contribution in [2.24, 2.45) is 0 Å². The van der Waals surface area contributed by atoms with E-state index in [2.05, 4.69) is 0 Å². The van der Waals surface area contributed by atoms with Crippen molar-refractivity contribution in [2.45, 2.75) is 0 Å². The first-order valence-corrected chi connectivity index (χ1v) is 5.11. The number of ether oxygens (including phenoxy) is 1. The number of methoxy groups -OCH3 is 1. The van der Waals surface area contributed by atoms with Gasteiger partial charge in [0.2, 0.25) is 0 Å². The van der Waals surface area contributed by atoms with Crippen LogP contribution in [0, 0.1) is 0 Å². The number of para-hydroxylation sites is 2. The minimum Gasteiger partial charge on any atom is -0.495 e. The van der Waals surface area contributed by atoms with Crippen LogP contribution in [0.3, 0.4) is 0 Å². The molecule has 0 bridgehead atoms. The van der Waals surface area contributed by atoms with E-state index in [0.717, 1.165) is 0 Å². The van der Waals surface area contributed by atoms with E-state index in [1.165, 1.54) is 13.2 Å². The lowest BCUT2D eigenvalue weighted by Gasteiger charge is -2.10. The lowest BCUT2D eigenvalue weighted by atomic mass is 10.3. The molecule has 0 unspecified atom stereocenters. The predicted molar refractivity (Wildman–Crippen MR) is 48.7 cm³/mol. The van der Waals surface area contributed by atoms with Crippen molar-refractivity contribution < 1.29 is 19.1 Å². The highest BCUT2D eigenvalue weighted by molar-refractivity contribution is 7.53. The predicted octanol–water partition coefficient (Wildman–Crippen LogP) is 1.20. The molecule has 0 atom stereocenters. The van der Waals surface area contributed by atoms with Gasteiger partial charge in [-0.3, -0.25) is 5.09 Å². The number of nitrogens with one attached hydrogen (secondary N) is 1. The molecule has 3 N–H and O–H groups in total. The highest BCUT2D eigenvalue weighted by Gasteiger charge is 2.14. The van der Waals surface area contributed by atoms with Crippen LogP contribution in [-0.4, -0.2) is 16.9 Å². The Morgan fingerprint density at radius 1 is 1.38 bits per heavy atom. The first kappa shape index (κ1) is 10.1. The van der Waals surface area contributed by atoms with E-state index < -0.39 is 7.75 Å². The molecule has 5 nitrogen and oxygen atoms in total. The van der Waals surface area contributed by atoms with E-state index in [4.69, 9.17) is 14.5 Å². The molecule has 13 heavy (non-hydrogen) atoms. The van der Waals surface area contributed by atoms with Gasteiger partial charge in [-0.2, -0.15) is 0 Å². The van der Waals surface area contributed by atoms with E-state index in [9.17, 15) is 4.57 Å². The second-order valence-corrected chi connectivity index (χ2v) is 3.67. The van der Waals surface area contributed by atoms with Gasteiger partial charge in [0, 0.05) is 0 Å². The van der Waals surface area contributed by atoms with Crippen LogP contribution in [0.15, 0.2) is 24.3 Å². The molecule has 1 aromatic carbocycles. The van der Waals surface area contributed by atoms with Crippen LogP contribution in [-0.2, 0) is 4.57 Å². The summed E-state index contributed by atoms with van der Waals surface area (Å²) in [6.07, 6.45) is 0. The minimum atomic E-state index is -4.26. The lowest BCUT2D eigenvalue weighted by molar-refractivity contribution is 0.379. The Morgan fingerprint density at radius 2 is 2.00 bits per heavy atom. The maximum atomic E-state index is 10.6. The Morgan fingerprint density at radius 3 is 2.54 bits per heavy atom. The third-order valence-electron chi connectivity index (χ3n) is 1.37. The summed E-state index contributed by atoms with van der Waals surface area (Å²) in [5, 5.41) is 2.04. The quantitative estimate of drug-likeness (QED) is 0.643. The van der Waals surface area contributed by atoms with Crippen LogP contribution in [0.4, 0.5) is 5.69 Å². The van der Waals surface area contributed by atoms with Crippen molar-refractivity contribution in [3.63, 3.8) is 0 Å². The fraction of sp³-hybridized carbons (Fsp3) is 0.143. The molecule has 0 radical (unpaired) electrons. The van der Waals surface area contributed by atoms with Gasteiger partial charge in [0.25, 0.3) is 0 Å². The zero-order valence-electron chi connectivity index (χ0n) is 6.97. The maximum Gasteiger partial charge on any atom is 0.427 e. The number of hydrogen-bond donors (Lipinski definition) is 3. The van der Waals surface area contributed by atoms with Gasteiger partial charge in [-0.1, -0.05) is 12.1 Å². The Hall–Kier alpha value is -1.03. The molecule has 0 saturated carbocycles. The highest BCUT2D eigenvalue weighted by Crippen LogP contribution is 2.38. The summed E-state index contributed by atoms with van der Waals surface area (Å²) in [4.78, 5) is 17.3. The molecular formula is C7H10NO4P. The van der Waals surface area contributed by atoms with Crippen LogP contribution >= 0.6 is 7.75 Å². The Kier molecular flexibility index (Phi) is 2.93. The SMILES string of the molecule is COc1ccccc1NP(=O)(O)O. The third-order valence-corrected chi connectivity index (χ3v) is 1.91. The maximum absolute atomic E-state index is 10.6. The average molecular weight is 203 g/mol. The number of anilines is 1. The summed E-state index contributed by atoms with van der Waals surface area (Å²) < 4.78 is 15.5. The van der Waals surface area contributed by atoms with E-state index in [1.807, 2.05) is 5.09 Å². The fourth-order valence-corrected chi connectivity index (χ4v) is 1.39. The fourth-order valence-electron chi connectivity index (χ4n) is 0.894. The molecular weight excluding hydrogens is 193 g/mol.